The minimum Gasteiger partial charge on any atom is -0.389 e. The third-order valence-corrected chi connectivity index (χ3v) is 2.96. The molecule has 15 heavy (non-hydrogen) atoms. The van der Waals surface area contributed by atoms with E-state index in [0.717, 1.165) is 12.2 Å². The molecule has 0 aliphatic rings. The minimum absolute atomic E-state index is 0.247. The SMILES string of the molecule is CC(C)C(C)(O)CNCc1ccnn1C. The van der Waals surface area contributed by atoms with E-state index >= 15 is 0 Å². The number of rotatable bonds is 5. The van der Waals surface area contributed by atoms with Crippen molar-refractivity contribution in [1.82, 2.24) is 15.1 Å². The Hall–Kier alpha value is -0.870. The molecule has 0 aromatic carbocycles. The molecule has 0 fully saturated rings. The van der Waals surface area contributed by atoms with Crippen LogP contribution in [-0.4, -0.2) is 27.0 Å². The summed E-state index contributed by atoms with van der Waals surface area (Å²) in [5, 5.41) is 17.3. The molecule has 0 bridgehead atoms. The Kier molecular flexibility index (Phi) is 3.88. The van der Waals surface area contributed by atoms with Crippen LogP contribution in [0.3, 0.4) is 0 Å². The van der Waals surface area contributed by atoms with Crippen LogP contribution in [0.4, 0.5) is 0 Å². The number of hydrogen-bond donors (Lipinski definition) is 2. The first-order chi connectivity index (χ1) is 6.93. The van der Waals surface area contributed by atoms with E-state index < -0.39 is 5.60 Å². The number of nitrogens with one attached hydrogen (secondary N) is 1. The van der Waals surface area contributed by atoms with Gasteiger partial charge in [-0.3, -0.25) is 4.68 Å². The highest BCUT2D eigenvalue weighted by atomic mass is 16.3. The fraction of sp³-hybridized carbons (Fsp3) is 0.727. The zero-order valence-electron chi connectivity index (χ0n) is 9.99. The van der Waals surface area contributed by atoms with Crippen molar-refractivity contribution in [2.75, 3.05) is 6.54 Å². The second-order valence-electron chi connectivity index (χ2n) is 4.56. The topological polar surface area (TPSA) is 50.1 Å². The van der Waals surface area contributed by atoms with E-state index in [1.165, 1.54) is 0 Å². The smallest absolute Gasteiger partial charge is 0.0766 e. The van der Waals surface area contributed by atoms with Gasteiger partial charge in [-0.2, -0.15) is 5.10 Å². The molecule has 0 saturated carbocycles. The van der Waals surface area contributed by atoms with Gasteiger partial charge >= 0.3 is 0 Å². The molecule has 0 radical (unpaired) electrons. The molecular formula is C11H21N3O. The molecule has 2 N–H and O–H groups in total. The Balaban J connectivity index is 2.37. The molecule has 4 nitrogen and oxygen atoms in total. The van der Waals surface area contributed by atoms with Crippen LogP contribution < -0.4 is 5.32 Å². The summed E-state index contributed by atoms with van der Waals surface area (Å²) >= 11 is 0. The quantitative estimate of drug-likeness (QED) is 0.761. The summed E-state index contributed by atoms with van der Waals surface area (Å²) in [7, 11) is 1.91. The van der Waals surface area contributed by atoms with E-state index in [1.807, 2.05) is 38.6 Å². The van der Waals surface area contributed by atoms with Crippen molar-refractivity contribution in [1.29, 1.82) is 0 Å². The molecule has 1 aromatic rings. The fourth-order valence-corrected chi connectivity index (χ4v) is 1.22. The molecule has 0 amide bonds. The summed E-state index contributed by atoms with van der Waals surface area (Å²) in [6, 6.07) is 1.97. The van der Waals surface area contributed by atoms with E-state index in [0.29, 0.717) is 6.54 Å². The molecule has 4 heteroatoms. The molecule has 0 aliphatic carbocycles. The first-order valence-electron chi connectivity index (χ1n) is 5.33. The molecule has 0 saturated heterocycles. The highest BCUT2D eigenvalue weighted by Crippen LogP contribution is 2.14. The van der Waals surface area contributed by atoms with Crippen molar-refractivity contribution in [3.8, 4) is 0 Å². The van der Waals surface area contributed by atoms with Gasteiger partial charge in [0.15, 0.2) is 0 Å². The number of nitrogens with zero attached hydrogens (tertiary/aromatic N) is 2. The van der Waals surface area contributed by atoms with Gasteiger partial charge in [-0.1, -0.05) is 13.8 Å². The van der Waals surface area contributed by atoms with E-state index in [4.69, 9.17) is 0 Å². The van der Waals surface area contributed by atoms with Gasteiger partial charge in [0.05, 0.1) is 11.3 Å². The molecule has 1 aromatic heterocycles. The van der Waals surface area contributed by atoms with Crippen LogP contribution in [-0.2, 0) is 13.6 Å². The molecule has 1 unspecified atom stereocenters. The molecule has 86 valence electrons. The summed E-state index contributed by atoms with van der Waals surface area (Å²) < 4.78 is 1.83. The van der Waals surface area contributed by atoms with Crippen LogP contribution in [0, 0.1) is 5.92 Å². The lowest BCUT2D eigenvalue weighted by atomic mass is 9.92. The number of hydrogen-bond acceptors (Lipinski definition) is 3. The molecular weight excluding hydrogens is 190 g/mol. The lowest BCUT2D eigenvalue weighted by Gasteiger charge is -2.27. The Morgan fingerprint density at radius 1 is 1.60 bits per heavy atom. The van der Waals surface area contributed by atoms with Gasteiger partial charge < -0.3 is 10.4 Å². The van der Waals surface area contributed by atoms with Crippen LogP contribution in [0.5, 0.6) is 0 Å². The van der Waals surface area contributed by atoms with Crippen molar-refractivity contribution in [3.05, 3.63) is 18.0 Å². The Labute approximate surface area is 91.3 Å². The molecule has 1 rings (SSSR count). The van der Waals surface area contributed by atoms with Crippen LogP contribution in [0.25, 0.3) is 0 Å². The first kappa shape index (κ1) is 12.2. The summed E-state index contributed by atoms with van der Waals surface area (Å²) in [5.74, 6) is 0.247. The van der Waals surface area contributed by atoms with E-state index in [2.05, 4.69) is 10.4 Å². The van der Waals surface area contributed by atoms with Crippen molar-refractivity contribution >= 4 is 0 Å². The second-order valence-corrected chi connectivity index (χ2v) is 4.56. The zero-order valence-corrected chi connectivity index (χ0v) is 9.99. The number of aryl methyl sites for hydroxylation is 1. The van der Waals surface area contributed by atoms with Gasteiger partial charge in [-0.25, -0.2) is 0 Å². The Morgan fingerprint density at radius 2 is 2.27 bits per heavy atom. The monoisotopic (exact) mass is 211 g/mol. The van der Waals surface area contributed by atoms with Gasteiger partial charge in [0.25, 0.3) is 0 Å². The fourth-order valence-electron chi connectivity index (χ4n) is 1.22. The van der Waals surface area contributed by atoms with Crippen molar-refractivity contribution in [3.63, 3.8) is 0 Å². The van der Waals surface area contributed by atoms with Crippen LogP contribution in [0.1, 0.15) is 26.5 Å². The van der Waals surface area contributed by atoms with Crippen molar-refractivity contribution < 1.29 is 5.11 Å². The van der Waals surface area contributed by atoms with Gasteiger partial charge in [0, 0.05) is 26.3 Å². The second kappa shape index (κ2) is 4.77. The van der Waals surface area contributed by atoms with E-state index in [-0.39, 0.29) is 5.92 Å². The maximum absolute atomic E-state index is 10.0. The highest BCUT2D eigenvalue weighted by molar-refractivity contribution is 4.99. The number of aliphatic hydroxyl groups is 1. The third kappa shape index (κ3) is 3.32. The number of aromatic nitrogens is 2. The Morgan fingerprint density at radius 3 is 2.73 bits per heavy atom. The lowest BCUT2D eigenvalue weighted by Crippen LogP contribution is -2.42. The predicted molar refractivity (Wildman–Crippen MR) is 60.4 cm³/mol. The summed E-state index contributed by atoms with van der Waals surface area (Å²) in [6.45, 7) is 7.22. The minimum atomic E-state index is -0.654. The summed E-state index contributed by atoms with van der Waals surface area (Å²) in [4.78, 5) is 0. The standard InChI is InChI=1S/C11H21N3O/c1-9(2)11(3,15)8-12-7-10-5-6-13-14(10)4/h5-6,9,12,15H,7-8H2,1-4H3. The highest BCUT2D eigenvalue weighted by Gasteiger charge is 2.23. The van der Waals surface area contributed by atoms with Crippen LogP contribution in [0.15, 0.2) is 12.3 Å². The van der Waals surface area contributed by atoms with Gasteiger partial charge in [-0.05, 0) is 18.9 Å². The summed E-state index contributed by atoms with van der Waals surface area (Å²) in [6.07, 6.45) is 1.78. The van der Waals surface area contributed by atoms with Crippen LogP contribution in [0.2, 0.25) is 0 Å². The van der Waals surface area contributed by atoms with Gasteiger partial charge in [-0.15, -0.1) is 0 Å². The van der Waals surface area contributed by atoms with E-state index in [1.54, 1.807) is 6.20 Å². The average Bonchev–Trinajstić information content (AvgIpc) is 2.51. The lowest BCUT2D eigenvalue weighted by molar-refractivity contribution is 0.0138. The molecule has 1 atom stereocenters. The van der Waals surface area contributed by atoms with Gasteiger partial charge in [0.2, 0.25) is 0 Å². The maximum Gasteiger partial charge on any atom is 0.0766 e. The molecule has 0 spiro atoms. The largest absolute Gasteiger partial charge is 0.389 e. The predicted octanol–water partition coefficient (Wildman–Crippen LogP) is 0.917. The first-order valence-corrected chi connectivity index (χ1v) is 5.33. The van der Waals surface area contributed by atoms with Crippen molar-refractivity contribution in [2.24, 2.45) is 13.0 Å². The molecule has 1 heterocycles. The summed E-state index contributed by atoms with van der Waals surface area (Å²) in [5.41, 5.74) is 0.466. The van der Waals surface area contributed by atoms with Crippen LogP contribution >= 0.6 is 0 Å². The Bertz CT molecular complexity index is 305. The molecule has 0 aliphatic heterocycles. The van der Waals surface area contributed by atoms with Gasteiger partial charge in [0.1, 0.15) is 0 Å². The zero-order chi connectivity index (χ0) is 11.5. The normalized spacial score (nSPS) is 15.6. The average molecular weight is 211 g/mol. The maximum atomic E-state index is 10.0. The third-order valence-electron chi connectivity index (χ3n) is 2.96. The van der Waals surface area contributed by atoms with Crippen molar-refractivity contribution in [2.45, 2.75) is 32.9 Å². The van der Waals surface area contributed by atoms with E-state index in [9.17, 15) is 5.11 Å².